The average Bonchev–Trinajstić information content (AvgIpc) is 2.30. The standard InChI is InChI=1S/C9H12BCl2NO3S/c1-16-3-2-13-8-4-6(10(14)15)7(11)5-9(8)17-12/h4-5,13-15H,2-3H2,1H3. The number of anilines is 1. The quantitative estimate of drug-likeness (QED) is 0.546. The second-order valence-corrected chi connectivity index (χ2v) is 4.70. The fourth-order valence-corrected chi connectivity index (χ4v) is 2.34. The highest BCUT2D eigenvalue weighted by molar-refractivity contribution is 8.21. The molecule has 0 bridgehead atoms. The summed E-state index contributed by atoms with van der Waals surface area (Å²) in [6.45, 7) is 1.12. The molecule has 3 N–H and O–H groups in total. The van der Waals surface area contributed by atoms with Gasteiger partial charge in [0.25, 0.3) is 0 Å². The molecule has 0 fully saturated rings. The van der Waals surface area contributed by atoms with Crippen LogP contribution in [0.5, 0.6) is 0 Å². The molecule has 17 heavy (non-hydrogen) atoms. The van der Waals surface area contributed by atoms with Gasteiger partial charge in [0.15, 0.2) is 0 Å². The van der Waals surface area contributed by atoms with Crippen LogP contribution in [0.4, 0.5) is 5.69 Å². The van der Waals surface area contributed by atoms with Crippen LogP contribution >= 0.6 is 33.3 Å². The Hall–Kier alpha value is -0.105. The summed E-state index contributed by atoms with van der Waals surface area (Å²) in [4.78, 5) is 0.720. The third-order valence-corrected chi connectivity index (χ3v) is 3.41. The van der Waals surface area contributed by atoms with Gasteiger partial charge in [0, 0.05) is 34.7 Å². The molecule has 0 atom stereocenters. The first-order valence-electron chi connectivity index (χ1n) is 4.81. The number of hydrogen-bond donors (Lipinski definition) is 3. The van der Waals surface area contributed by atoms with E-state index < -0.39 is 7.12 Å². The first-order chi connectivity index (χ1) is 8.10. The van der Waals surface area contributed by atoms with Crippen molar-refractivity contribution >= 4 is 51.5 Å². The van der Waals surface area contributed by atoms with Crippen LogP contribution < -0.4 is 10.8 Å². The lowest BCUT2D eigenvalue weighted by Gasteiger charge is -2.13. The van der Waals surface area contributed by atoms with E-state index in [0.29, 0.717) is 18.8 Å². The molecule has 8 heteroatoms. The molecule has 4 nitrogen and oxygen atoms in total. The summed E-state index contributed by atoms with van der Waals surface area (Å²) in [7, 11) is 6.71. The number of methoxy groups -OCH3 is 1. The zero-order valence-corrected chi connectivity index (χ0v) is 11.4. The lowest BCUT2D eigenvalue weighted by atomic mass is 9.80. The molecule has 0 aliphatic carbocycles. The van der Waals surface area contributed by atoms with Crippen molar-refractivity contribution in [3.05, 3.63) is 17.2 Å². The third-order valence-electron chi connectivity index (χ3n) is 2.08. The Bertz CT molecular complexity index is 382. The molecule has 0 aromatic heterocycles. The predicted octanol–water partition coefficient (Wildman–Crippen LogP) is 1.32. The van der Waals surface area contributed by atoms with Crippen molar-refractivity contribution in [3.8, 4) is 0 Å². The van der Waals surface area contributed by atoms with Gasteiger partial charge >= 0.3 is 7.12 Å². The summed E-state index contributed by atoms with van der Waals surface area (Å²) >= 11 is 5.89. The van der Waals surface area contributed by atoms with Gasteiger partial charge in [0.1, 0.15) is 0 Å². The van der Waals surface area contributed by atoms with E-state index in [-0.39, 0.29) is 10.5 Å². The van der Waals surface area contributed by atoms with Gasteiger partial charge in [0.2, 0.25) is 0 Å². The van der Waals surface area contributed by atoms with Crippen LogP contribution in [-0.4, -0.2) is 37.4 Å². The second-order valence-electron chi connectivity index (χ2n) is 3.24. The molecule has 94 valence electrons. The van der Waals surface area contributed by atoms with E-state index in [0.717, 1.165) is 15.9 Å². The SMILES string of the molecule is COCCNc1cc(B(O)O)c(Cl)cc1SCl. The Kier molecular flexibility index (Phi) is 6.47. The first kappa shape index (κ1) is 15.0. The highest BCUT2D eigenvalue weighted by Crippen LogP contribution is 2.31. The van der Waals surface area contributed by atoms with Gasteiger partial charge in [-0.2, -0.15) is 0 Å². The Morgan fingerprint density at radius 3 is 2.71 bits per heavy atom. The highest BCUT2D eigenvalue weighted by Gasteiger charge is 2.18. The Morgan fingerprint density at radius 2 is 2.18 bits per heavy atom. The van der Waals surface area contributed by atoms with Crippen LogP contribution in [0.25, 0.3) is 0 Å². The maximum Gasteiger partial charge on any atom is 0.490 e. The van der Waals surface area contributed by atoms with Crippen LogP contribution in [0.15, 0.2) is 17.0 Å². The lowest BCUT2D eigenvalue weighted by Crippen LogP contribution is -2.31. The molecule has 0 unspecified atom stereocenters. The van der Waals surface area contributed by atoms with E-state index in [1.165, 1.54) is 0 Å². The molecular weight excluding hydrogens is 284 g/mol. The van der Waals surface area contributed by atoms with Crippen molar-refractivity contribution in [1.29, 1.82) is 0 Å². The van der Waals surface area contributed by atoms with Crippen LogP contribution in [0.3, 0.4) is 0 Å². The van der Waals surface area contributed by atoms with E-state index >= 15 is 0 Å². The normalized spacial score (nSPS) is 10.4. The zero-order chi connectivity index (χ0) is 12.8. The van der Waals surface area contributed by atoms with Crippen molar-refractivity contribution in [3.63, 3.8) is 0 Å². The molecule has 1 rings (SSSR count). The van der Waals surface area contributed by atoms with Crippen molar-refractivity contribution in [2.24, 2.45) is 0 Å². The van der Waals surface area contributed by atoms with Gasteiger partial charge in [-0.05, 0) is 33.8 Å². The van der Waals surface area contributed by atoms with E-state index in [2.05, 4.69) is 5.32 Å². The average molecular weight is 296 g/mol. The van der Waals surface area contributed by atoms with Crippen molar-refractivity contribution < 1.29 is 14.8 Å². The fraction of sp³-hybridized carbons (Fsp3) is 0.333. The summed E-state index contributed by atoms with van der Waals surface area (Å²) < 4.78 is 4.91. The summed E-state index contributed by atoms with van der Waals surface area (Å²) in [5.74, 6) is 0. The summed E-state index contributed by atoms with van der Waals surface area (Å²) in [5, 5.41) is 21.6. The van der Waals surface area contributed by atoms with Crippen molar-refractivity contribution in [1.82, 2.24) is 0 Å². The van der Waals surface area contributed by atoms with Gasteiger partial charge in [-0.3, -0.25) is 0 Å². The fourth-order valence-electron chi connectivity index (χ4n) is 1.26. The number of benzene rings is 1. The van der Waals surface area contributed by atoms with Crippen LogP contribution in [0, 0.1) is 0 Å². The zero-order valence-electron chi connectivity index (χ0n) is 9.11. The second kappa shape index (κ2) is 7.36. The molecule has 0 amide bonds. The van der Waals surface area contributed by atoms with Crippen molar-refractivity contribution in [2.45, 2.75) is 4.90 Å². The Morgan fingerprint density at radius 1 is 1.47 bits per heavy atom. The van der Waals surface area contributed by atoms with E-state index in [4.69, 9.17) is 37.1 Å². The molecule has 0 spiro atoms. The predicted molar refractivity (Wildman–Crippen MR) is 73.4 cm³/mol. The van der Waals surface area contributed by atoms with Gasteiger partial charge < -0.3 is 20.1 Å². The summed E-state index contributed by atoms with van der Waals surface area (Å²) in [5.41, 5.74) is 0.926. The number of halogens is 2. The van der Waals surface area contributed by atoms with Crippen molar-refractivity contribution in [2.75, 3.05) is 25.6 Å². The first-order valence-corrected chi connectivity index (χ1v) is 6.83. The van der Waals surface area contributed by atoms with E-state index in [1.807, 2.05) is 0 Å². The van der Waals surface area contributed by atoms with E-state index in [9.17, 15) is 0 Å². The van der Waals surface area contributed by atoms with Gasteiger partial charge in [0.05, 0.1) is 6.61 Å². The molecular formula is C9H12BCl2NO3S. The molecule has 1 aromatic rings. The molecule has 1 aromatic carbocycles. The largest absolute Gasteiger partial charge is 0.490 e. The smallest absolute Gasteiger partial charge is 0.423 e. The number of hydrogen-bond acceptors (Lipinski definition) is 5. The number of nitrogens with one attached hydrogen (secondary N) is 1. The third kappa shape index (κ3) is 4.24. The van der Waals surface area contributed by atoms with Gasteiger partial charge in [-0.15, -0.1) is 0 Å². The Labute approximate surface area is 114 Å². The molecule has 0 heterocycles. The molecule has 0 aliphatic heterocycles. The minimum Gasteiger partial charge on any atom is -0.423 e. The molecule has 0 radical (unpaired) electrons. The molecule has 0 saturated heterocycles. The maximum atomic E-state index is 9.14. The minimum absolute atomic E-state index is 0.237. The van der Waals surface area contributed by atoms with Crippen LogP contribution in [0.1, 0.15) is 0 Å². The van der Waals surface area contributed by atoms with Gasteiger partial charge in [-0.25, -0.2) is 0 Å². The maximum absolute atomic E-state index is 9.14. The lowest BCUT2D eigenvalue weighted by molar-refractivity contribution is 0.210. The molecule has 0 aliphatic rings. The monoisotopic (exact) mass is 295 g/mol. The minimum atomic E-state index is -1.61. The topological polar surface area (TPSA) is 61.7 Å². The van der Waals surface area contributed by atoms with Crippen LogP contribution in [-0.2, 0) is 4.74 Å². The molecule has 0 saturated carbocycles. The van der Waals surface area contributed by atoms with Crippen LogP contribution in [0.2, 0.25) is 5.02 Å². The summed E-state index contributed by atoms with van der Waals surface area (Å²) in [6, 6.07) is 3.15. The van der Waals surface area contributed by atoms with Gasteiger partial charge in [-0.1, -0.05) is 11.6 Å². The summed E-state index contributed by atoms with van der Waals surface area (Å²) in [6.07, 6.45) is 0. The van der Waals surface area contributed by atoms with E-state index in [1.54, 1.807) is 19.2 Å². The Balaban J connectivity index is 2.95. The highest BCUT2D eigenvalue weighted by atomic mass is 35.7. The number of ether oxygens (including phenoxy) is 1. The number of rotatable bonds is 6.